The molecule has 72 valence electrons. The Kier molecular flexibility index (Phi) is 11.1. The van der Waals surface area contributed by atoms with Gasteiger partial charge in [0, 0.05) is 1.43 Å². The van der Waals surface area contributed by atoms with Crippen LogP contribution in [0.3, 0.4) is 0 Å². The molecule has 0 aliphatic carbocycles. The van der Waals surface area contributed by atoms with Crippen molar-refractivity contribution in [3.8, 4) is 0 Å². The molecule has 12 heavy (non-hydrogen) atoms. The molecule has 1 aromatic heterocycles. The smallest absolute Gasteiger partial charge is 0.147 e. The van der Waals surface area contributed by atoms with E-state index in [0.29, 0.717) is 0 Å². The molecule has 1 heterocycles. The minimum absolute atomic E-state index is 0. The topological polar surface area (TPSA) is 41.6 Å². The fourth-order valence-corrected chi connectivity index (χ4v) is 0.455. The van der Waals surface area contributed by atoms with Crippen LogP contribution >= 0.6 is 0 Å². The lowest BCUT2D eigenvalue weighted by Gasteiger charge is -1.68. The Hall–Kier alpha value is -1.12. The van der Waals surface area contributed by atoms with Gasteiger partial charge in [-0.25, -0.2) is 4.98 Å². The summed E-state index contributed by atoms with van der Waals surface area (Å²) >= 11 is 0. The third kappa shape index (κ3) is 8.88. The van der Waals surface area contributed by atoms with Crippen LogP contribution in [-0.2, 0) is 0 Å². The highest BCUT2D eigenvalue weighted by Gasteiger charge is 1.86. The first kappa shape index (κ1) is 13.5. The molecule has 0 saturated heterocycles. The first-order chi connectivity index (χ1) is 5.70. The van der Waals surface area contributed by atoms with Gasteiger partial charge in [0.05, 0.1) is 0 Å². The van der Waals surface area contributed by atoms with Crippen molar-refractivity contribution >= 4 is 0 Å². The lowest BCUT2D eigenvalue weighted by molar-refractivity contribution is 1.02. The molecule has 1 aromatic rings. The van der Waals surface area contributed by atoms with Gasteiger partial charge in [-0.05, 0) is 20.8 Å². The van der Waals surface area contributed by atoms with Crippen LogP contribution in [0.5, 0.6) is 0 Å². The van der Waals surface area contributed by atoms with Crippen LogP contribution in [0.15, 0.2) is 12.7 Å². The minimum Gasteiger partial charge on any atom is -0.263 e. The number of allylic oxidation sites excluding steroid dienone is 1. The molecule has 0 unspecified atom stereocenters. The third-order valence-corrected chi connectivity index (χ3v) is 0.709. The molecular formula is C9H21N3. The van der Waals surface area contributed by atoms with Crippen LogP contribution in [0.2, 0.25) is 0 Å². The van der Waals surface area contributed by atoms with Gasteiger partial charge in [0.2, 0.25) is 0 Å². The molecular weight excluding hydrogens is 150 g/mol. The molecule has 0 bridgehead atoms. The standard InChI is InChI=1S/C4H7N3.C3H6.C2H6.H2/c1-3-5-4(2)7-6-3;1-3-2;1-2;/h1-2H3,(H,5,6,7);3H,1H2,2H3;1-2H3;1H. The number of aromatic nitrogens is 3. The summed E-state index contributed by atoms with van der Waals surface area (Å²) in [7, 11) is 0. The van der Waals surface area contributed by atoms with E-state index in [1.165, 1.54) is 0 Å². The fourth-order valence-electron chi connectivity index (χ4n) is 0.455. The lowest BCUT2D eigenvalue weighted by atomic mass is 10.7. The lowest BCUT2D eigenvalue weighted by Crippen LogP contribution is -1.70. The van der Waals surface area contributed by atoms with Crippen LogP contribution in [-0.4, -0.2) is 15.2 Å². The van der Waals surface area contributed by atoms with Crippen LogP contribution in [0.1, 0.15) is 33.8 Å². The number of nitrogens with zero attached hydrogens (tertiary/aromatic N) is 2. The summed E-state index contributed by atoms with van der Waals surface area (Å²) in [5, 5.41) is 6.49. The van der Waals surface area contributed by atoms with Crippen LogP contribution < -0.4 is 0 Å². The average molecular weight is 171 g/mol. The van der Waals surface area contributed by atoms with Crippen LogP contribution in [0.4, 0.5) is 0 Å². The maximum atomic E-state index is 3.94. The molecule has 0 aliphatic heterocycles. The zero-order chi connectivity index (χ0) is 9.98. The van der Waals surface area contributed by atoms with E-state index in [1.54, 1.807) is 6.08 Å². The normalized spacial score (nSPS) is 7.08. The van der Waals surface area contributed by atoms with Crippen LogP contribution in [0, 0.1) is 13.8 Å². The quantitative estimate of drug-likeness (QED) is 0.610. The monoisotopic (exact) mass is 171 g/mol. The molecule has 3 nitrogen and oxygen atoms in total. The Bertz CT molecular complexity index is 180. The molecule has 0 atom stereocenters. The predicted molar refractivity (Wildman–Crippen MR) is 55.2 cm³/mol. The third-order valence-electron chi connectivity index (χ3n) is 0.709. The first-order valence-electron chi connectivity index (χ1n) is 4.13. The molecule has 1 rings (SSSR count). The van der Waals surface area contributed by atoms with E-state index >= 15 is 0 Å². The summed E-state index contributed by atoms with van der Waals surface area (Å²) in [6.07, 6.45) is 1.75. The van der Waals surface area contributed by atoms with Gasteiger partial charge in [-0.1, -0.05) is 19.9 Å². The summed E-state index contributed by atoms with van der Waals surface area (Å²) in [4.78, 5) is 3.94. The molecule has 0 fully saturated rings. The minimum atomic E-state index is 0. The van der Waals surface area contributed by atoms with Crippen molar-refractivity contribution in [3.63, 3.8) is 0 Å². The van der Waals surface area contributed by atoms with Crippen LogP contribution in [0.25, 0.3) is 0 Å². The van der Waals surface area contributed by atoms with Gasteiger partial charge in [-0.2, -0.15) is 5.10 Å². The number of H-pyrrole nitrogens is 1. The average Bonchev–Trinajstić information content (AvgIpc) is 2.40. The van der Waals surface area contributed by atoms with Gasteiger partial charge < -0.3 is 0 Å². The highest BCUT2D eigenvalue weighted by atomic mass is 15.2. The Labute approximate surface area is 76.4 Å². The van der Waals surface area contributed by atoms with Crippen molar-refractivity contribution in [2.24, 2.45) is 0 Å². The number of hydrogen-bond donors (Lipinski definition) is 1. The zero-order valence-electron chi connectivity index (χ0n) is 8.68. The van der Waals surface area contributed by atoms with Gasteiger partial charge in [0.25, 0.3) is 0 Å². The van der Waals surface area contributed by atoms with E-state index in [-0.39, 0.29) is 1.43 Å². The molecule has 0 aromatic carbocycles. The van der Waals surface area contributed by atoms with Crippen molar-refractivity contribution in [2.75, 3.05) is 0 Å². The van der Waals surface area contributed by atoms with Gasteiger partial charge in [0.15, 0.2) is 0 Å². The second-order valence-corrected chi connectivity index (χ2v) is 1.88. The van der Waals surface area contributed by atoms with E-state index in [4.69, 9.17) is 0 Å². The second-order valence-electron chi connectivity index (χ2n) is 1.88. The Morgan fingerprint density at radius 2 is 1.83 bits per heavy atom. The maximum Gasteiger partial charge on any atom is 0.147 e. The molecule has 0 aliphatic rings. The van der Waals surface area contributed by atoms with Crippen molar-refractivity contribution in [1.82, 2.24) is 15.2 Å². The van der Waals surface area contributed by atoms with Gasteiger partial charge in [0.1, 0.15) is 11.6 Å². The zero-order valence-corrected chi connectivity index (χ0v) is 8.68. The largest absolute Gasteiger partial charge is 0.263 e. The number of nitrogens with one attached hydrogen (secondary N) is 1. The van der Waals surface area contributed by atoms with E-state index in [0.717, 1.165) is 11.6 Å². The van der Waals surface area contributed by atoms with Crippen molar-refractivity contribution in [3.05, 3.63) is 24.3 Å². The van der Waals surface area contributed by atoms with E-state index in [2.05, 4.69) is 21.8 Å². The molecule has 0 saturated carbocycles. The molecule has 1 N–H and O–H groups in total. The van der Waals surface area contributed by atoms with E-state index in [1.807, 2.05) is 34.6 Å². The summed E-state index contributed by atoms with van der Waals surface area (Å²) in [6.45, 7) is 13.0. The SMILES string of the molecule is C=CC.CC.Cc1n[nH]c(C)n1.[HH]. The number of aromatic amines is 1. The van der Waals surface area contributed by atoms with E-state index in [9.17, 15) is 0 Å². The highest BCUT2D eigenvalue weighted by molar-refractivity contribution is 4.82. The van der Waals surface area contributed by atoms with Gasteiger partial charge in [-0.3, -0.25) is 5.10 Å². The van der Waals surface area contributed by atoms with Gasteiger partial charge >= 0.3 is 0 Å². The molecule has 0 radical (unpaired) electrons. The number of rotatable bonds is 0. The van der Waals surface area contributed by atoms with Crippen molar-refractivity contribution in [1.29, 1.82) is 0 Å². The Morgan fingerprint density at radius 3 is 1.92 bits per heavy atom. The predicted octanol–water partition coefficient (Wildman–Crippen LogP) is 2.89. The first-order valence-corrected chi connectivity index (χ1v) is 4.13. The summed E-state index contributed by atoms with van der Waals surface area (Å²) in [5.41, 5.74) is 0. The summed E-state index contributed by atoms with van der Waals surface area (Å²) in [6, 6.07) is 0. The highest BCUT2D eigenvalue weighted by Crippen LogP contribution is 1.83. The summed E-state index contributed by atoms with van der Waals surface area (Å²) < 4.78 is 0. The fraction of sp³-hybridized carbons (Fsp3) is 0.556. The molecule has 0 amide bonds. The van der Waals surface area contributed by atoms with Crippen molar-refractivity contribution < 1.29 is 1.43 Å². The molecule has 3 heteroatoms. The Balaban J connectivity index is -0.000000146. The number of hydrogen-bond acceptors (Lipinski definition) is 2. The maximum absolute atomic E-state index is 3.94. The Morgan fingerprint density at radius 1 is 1.42 bits per heavy atom. The van der Waals surface area contributed by atoms with E-state index < -0.39 is 0 Å². The second kappa shape index (κ2) is 9.88. The number of aryl methyl sites for hydroxylation is 2. The van der Waals surface area contributed by atoms with Gasteiger partial charge in [-0.15, -0.1) is 6.58 Å². The summed E-state index contributed by atoms with van der Waals surface area (Å²) in [5.74, 6) is 1.68. The van der Waals surface area contributed by atoms with Crippen molar-refractivity contribution in [2.45, 2.75) is 34.6 Å². The molecule has 0 spiro atoms.